The standard InChI is InChI=1S/C24H23NO6S/c1-2-29-24(28)21-17-7-4-8-19(17)32-22(21)25-20(26)12-30-13-9-10-15-14-5-3-6-16(14)23(27)31-18(15)11-13/h9-11H,2-8,12H2,1H3,(H,25,26). The molecule has 0 fully saturated rings. The van der Waals surface area contributed by atoms with Gasteiger partial charge in [0.25, 0.3) is 5.91 Å². The molecule has 32 heavy (non-hydrogen) atoms. The molecule has 1 amide bonds. The van der Waals surface area contributed by atoms with Gasteiger partial charge < -0.3 is 19.2 Å². The van der Waals surface area contributed by atoms with Crippen LogP contribution in [-0.4, -0.2) is 25.1 Å². The largest absolute Gasteiger partial charge is 0.484 e. The molecule has 2 aliphatic rings. The first-order valence-corrected chi connectivity index (χ1v) is 11.7. The normalized spacial score (nSPS) is 14.3. The number of thiophene rings is 1. The van der Waals surface area contributed by atoms with Crippen LogP contribution in [0.15, 0.2) is 27.4 Å². The molecule has 2 aromatic heterocycles. The van der Waals surface area contributed by atoms with E-state index in [1.165, 1.54) is 11.3 Å². The van der Waals surface area contributed by atoms with Crippen molar-refractivity contribution < 1.29 is 23.5 Å². The van der Waals surface area contributed by atoms with E-state index in [-0.39, 0.29) is 24.7 Å². The van der Waals surface area contributed by atoms with Crippen LogP contribution in [0.2, 0.25) is 0 Å². The van der Waals surface area contributed by atoms with Crippen LogP contribution in [0.1, 0.15) is 51.7 Å². The molecule has 0 atom stereocenters. The van der Waals surface area contributed by atoms with Crippen LogP contribution in [0, 0.1) is 0 Å². The first kappa shape index (κ1) is 20.8. The zero-order valence-electron chi connectivity index (χ0n) is 17.7. The number of hydrogen-bond acceptors (Lipinski definition) is 7. The fourth-order valence-corrected chi connectivity index (χ4v) is 5.87. The molecule has 7 nitrogen and oxygen atoms in total. The Morgan fingerprint density at radius 1 is 1.09 bits per heavy atom. The third-order valence-corrected chi connectivity index (χ3v) is 7.18. The number of carbonyl (C=O) groups is 2. The van der Waals surface area contributed by atoms with Crippen molar-refractivity contribution in [2.24, 2.45) is 0 Å². The van der Waals surface area contributed by atoms with Gasteiger partial charge in [0.1, 0.15) is 16.3 Å². The van der Waals surface area contributed by atoms with Gasteiger partial charge in [0.2, 0.25) is 0 Å². The van der Waals surface area contributed by atoms with Crippen LogP contribution in [0.3, 0.4) is 0 Å². The van der Waals surface area contributed by atoms with Gasteiger partial charge in [-0.2, -0.15) is 0 Å². The Morgan fingerprint density at radius 2 is 1.88 bits per heavy atom. The van der Waals surface area contributed by atoms with E-state index in [0.717, 1.165) is 65.5 Å². The average molecular weight is 454 g/mol. The second kappa shape index (κ2) is 8.43. The first-order chi connectivity index (χ1) is 15.5. The molecule has 1 N–H and O–H groups in total. The molecule has 166 valence electrons. The second-order valence-corrected chi connectivity index (χ2v) is 9.08. The molecule has 0 bridgehead atoms. The maximum atomic E-state index is 12.6. The lowest BCUT2D eigenvalue weighted by molar-refractivity contribution is -0.118. The van der Waals surface area contributed by atoms with E-state index in [2.05, 4.69) is 5.32 Å². The molecular weight excluding hydrogens is 430 g/mol. The Labute approximate surface area is 188 Å². The Morgan fingerprint density at radius 3 is 2.72 bits per heavy atom. The Bertz CT molecular complexity index is 1290. The van der Waals surface area contributed by atoms with Crippen LogP contribution < -0.4 is 15.7 Å². The van der Waals surface area contributed by atoms with Gasteiger partial charge in [-0.25, -0.2) is 9.59 Å². The number of esters is 1. The zero-order valence-corrected chi connectivity index (χ0v) is 18.6. The molecule has 8 heteroatoms. The number of fused-ring (bicyclic) bond motifs is 4. The number of benzene rings is 1. The van der Waals surface area contributed by atoms with E-state index in [4.69, 9.17) is 13.9 Å². The van der Waals surface area contributed by atoms with E-state index < -0.39 is 5.97 Å². The van der Waals surface area contributed by atoms with Crippen molar-refractivity contribution in [3.8, 4) is 5.75 Å². The number of hydrogen-bond donors (Lipinski definition) is 1. The predicted molar refractivity (Wildman–Crippen MR) is 121 cm³/mol. The van der Waals surface area contributed by atoms with E-state index >= 15 is 0 Å². The molecule has 0 radical (unpaired) electrons. The molecular formula is C24H23NO6S. The fourth-order valence-electron chi connectivity index (χ4n) is 4.58. The van der Waals surface area contributed by atoms with Crippen molar-refractivity contribution in [1.29, 1.82) is 0 Å². The van der Waals surface area contributed by atoms with Crippen molar-refractivity contribution in [2.45, 2.75) is 45.4 Å². The average Bonchev–Trinajstić information content (AvgIpc) is 3.48. The Hall–Kier alpha value is -3.13. The summed E-state index contributed by atoms with van der Waals surface area (Å²) in [6.45, 7) is 1.81. The first-order valence-electron chi connectivity index (χ1n) is 10.9. The van der Waals surface area contributed by atoms with E-state index in [1.54, 1.807) is 19.1 Å². The Kier molecular flexibility index (Phi) is 5.46. The van der Waals surface area contributed by atoms with Gasteiger partial charge >= 0.3 is 11.6 Å². The molecule has 5 rings (SSSR count). The highest BCUT2D eigenvalue weighted by atomic mass is 32.1. The second-order valence-electron chi connectivity index (χ2n) is 7.98. The van der Waals surface area contributed by atoms with Crippen molar-refractivity contribution in [2.75, 3.05) is 18.5 Å². The maximum absolute atomic E-state index is 12.6. The van der Waals surface area contributed by atoms with Crippen molar-refractivity contribution in [1.82, 2.24) is 0 Å². The minimum absolute atomic E-state index is 0.231. The number of rotatable bonds is 6. The smallest absolute Gasteiger partial charge is 0.341 e. The summed E-state index contributed by atoms with van der Waals surface area (Å²) in [5, 5.41) is 4.24. The van der Waals surface area contributed by atoms with Crippen LogP contribution in [0.4, 0.5) is 5.00 Å². The lowest BCUT2D eigenvalue weighted by Crippen LogP contribution is -2.21. The molecule has 2 heterocycles. The van der Waals surface area contributed by atoms with Gasteiger partial charge in [0.05, 0.1) is 12.2 Å². The summed E-state index contributed by atoms with van der Waals surface area (Å²) in [6, 6.07) is 5.29. The summed E-state index contributed by atoms with van der Waals surface area (Å²) in [6.07, 6.45) is 5.31. The molecule has 1 aromatic carbocycles. The summed E-state index contributed by atoms with van der Waals surface area (Å²) in [5.41, 5.74) is 3.45. The maximum Gasteiger partial charge on any atom is 0.341 e. The summed E-state index contributed by atoms with van der Waals surface area (Å²) in [5.74, 6) is -0.334. The summed E-state index contributed by atoms with van der Waals surface area (Å²) in [7, 11) is 0. The highest BCUT2D eigenvalue weighted by Gasteiger charge is 2.28. The third kappa shape index (κ3) is 3.68. The molecule has 0 aliphatic heterocycles. The van der Waals surface area contributed by atoms with Crippen LogP contribution in [0.25, 0.3) is 11.0 Å². The van der Waals surface area contributed by atoms with Crippen molar-refractivity contribution in [3.05, 3.63) is 55.8 Å². The van der Waals surface area contributed by atoms with Gasteiger partial charge in [-0.15, -0.1) is 11.3 Å². The molecule has 0 spiro atoms. The van der Waals surface area contributed by atoms with Crippen LogP contribution >= 0.6 is 11.3 Å². The lowest BCUT2D eigenvalue weighted by atomic mass is 10.1. The SMILES string of the molecule is CCOC(=O)c1c(NC(=O)COc2ccc3c4c(c(=O)oc3c2)CCC4)sc2c1CCC2. The number of amides is 1. The van der Waals surface area contributed by atoms with Crippen LogP contribution in [-0.2, 0) is 35.2 Å². The van der Waals surface area contributed by atoms with Gasteiger partial charge in [-0.1, -0.05) is 0 Å². The monoisotopic (exact) mass is 453 g/mol. The van der Waals surface area contributed by atoms with Crippen LogP contribution in [0.5, 0.6) is 5.75 Å². The summed E-state index contributed by atoms with van der Waals surface area (Å²) in [4.78, 5) is 38.3. The van der Waals surface area contributed by atoms with Crippen molar-refractivity contribution >= 4 is 39.2 Å². The number of anilines is 1. The number of aryl methyl sites for hydroxylation is 2. The van der Waals surface area contributed by atoms with E-state index in [0.29, 0.717) is 21.9 Å². The number of nitrogens with one attached hydrogen (secondary N) is 1. The van der Waals surface area contributed by atoms with Gasteiger partial charge in [-0.3, -0.25) is 4.79 Å². The minimum atomic E-state index is -0.403. The quantitative estimate of drug-likeness (QED) is 0.447. The highest BCUT2D eigenvalue weighted by molar-refractivity contribution is 7.17. The van der Waals surface area contributed by atoms with Gasteiger partial charge in [-0.05, 0) is 68.7 Å². The zero-order chi connectivity index (χ0) is 22.2. The van der Waals surface area contributed by atoms with Crippen molar-refractivity contribution in [3.63, 3.8) is 0 Å². The Balaban J connectivity index is 1.31. The predicted octanol–water partition coefficient (Wildman–Crippen LogP) is 4.03. The van der Waals surface area contributed by atoms with Gasteiger partial charge in [0.15, 0.2) is 6.61 Å². The molecule has 2 aliphatic carbocycles. The molecule has 0 saturated heterocycles. The highest BCUT2D eigenvalue weighted by Crippen LogP contribution is 2.39. The topological polar surface area (TPSA) is 94.8 Å². The van der Waals surface area contributed by atoms with Gasteiger partial charge in [0, 0.05) is 21.9 Å². The number of carbonyl (C=O) groups excluding carboxylic acids is 2. The minimum Gasteiger partial charge on any atom is -0.484 e. The molecule has 3 aromatic rings. The number of ether oxygens (including phenoxy) is 2. The molecule has 0 unspecified atom stereocenters. The summed E-state index contributed by atoms with van der Waals surface area (Å²) < 4.78 is 16.3. The third-order valence-electron chi connectivity index (χ3n) is 5.97. The lowest BCUT2D eigenvalue weighted by Gasteiger charge is -2.10. The fraction of sp³-hybridized carbons (Fsp3) is 0.375. The van der Waals surface area contributed by atoms with E-state index in [1.807, 2.05) is 6.07 Å². The van der Waals surface area contributed by atoms with E-state index in [9.17, 15) is 14.4 Å². The summed E-state index contributed by atoms with van der Waals surface area (Å²) >= 11 is 1.43. The molecule has 0 saturated carbocycles.